The van der Waals surface area contributed by atoms with Gasteiger partial charge in [-0.15, -0.1) is 0 Å². The second kappa shape index (κ2) is 5.17. The van der Waals surface area contributed by atoms with Gasteiger partial charge in [-0.05, 0) is 30.4 Å². The molecule has 1 atom stereocenters. The minimum atomic E-state index is 0.600. The predicted molar refractivity (Wildman–Crippen MR) is 67.8 cm³/mol. The first-order valence-electron chi connectivity index (χ1n) is 6.57. The molecular formula is C14H20N2O. The summed E-state index contributed by atoms with van der Waals surface area (Å²) in [6.45, 7) is 3.74. The molecule has 1 N–H and O–H groups in total. The van der Waals surface area contributed by atoms with E-state index in [1.807, 2.05) is 0 Å². The smallest absolute Gasteiger partial charge is 0.0608 e. The molecule has 92 valence electrons. The Kier molecular flexibility index (Phi) is 3.41. The van der Waals surface area contributed by atoms with E-state index in [2.05, 4.69) is 34.7 Å². The van der Waals surface area contributed by atoms with Crippen LogP contribution in [0.3, 0.4) is 0 Å². The topological polar surface area (TPSA) is 24.5 Å². The molecule has 2 aliphatic rings. The zero-order chi connectivity index (χ0) is 11.5. The van der Waals surface area contributed by atoms with Crippen molar-refractivity contribution in [3.05, 3.63) is 35.4 Å². The lowest BCUT2D eigenvalue weighted by Gasteiger charge is -2.34. The average molecular weight is 232 g/mol. The van der Waals surface area contributed by atoms with Crippen molar-refractivity contribution in [1.82, 2.24) is 10.4 Å². The number of morpholine rings is 1. The zero-order valence-electron chi connectivity index (χ0n) is 10.2. The SMILES string of the molecule is c1ccc2c(c1)CC[C@@H](NN1CCOCC1)C2. The largest absolute Gasteiger partial charge is 0.379 e. The molecule has 17 heavy (non-hydrogen) atoms. The lowest BCUT2D eigenvalue weighted by Crippen LogP contribution is -2.51. The van der Waals surface area contributed by atoms with Crippen LogP contribution in [0.25, 0.3) is 0 Å². The number of fused-ring (bicyclic) bond motifs is 1. The monoisotopic (exact) mass is 232 g/mol. The molecule has 1 aliphatic carbocycles. The van der Waals surface area contributed by atoms with Gasteiger partial charge in [0.25, 0.3) is 0 Å². The van der Waals surface area contributed by atoms with Crippen molar-refractivity contribution < 1.29 is 4.74 Å². The molecule has 1 saturated heterocycles. The number of hydrogen-bond acceptors (Lipinski definition) is 3. The van der Waals surface area contributed by atoms with E-state index in [0.717, 1.165) is 32.7 Å². The molecule has 0 radical (unpaired) electrons. The molecule has 0 unspecified atom stereocenters. The molecule has 1 aromatic carbocycles. The van der Waals surface area contributed by atoms with E-state index in [1.165, 1.54) is 24.0 Å². The quantitative estimate of drug-likeness (QED) is 0.833. The van der Waals surface area contributed by atoms with Gasteiger partial charge in [0.05, 0.1) is 13.2 Å². The first-order chi connectivity index (χ1) is 8.42. The van der Waals surface area contributed by atoms with Crippen molar-refractivity contribution in [2.75, 3.05) is 26.3 Å². The maximum Gasteiger partial charge on any atom is 0.0608 e. The molecule has 0 saturated carbocycles. The first-order valence-corrected chi connectivity index (χ1v) is 6.57. The van der Waals surface area contributed by atoms with E-state index in [4.69, 9.17) is 4.74 Å². The van der Waals surface area contributed by atoms with Gasteiger partial charge in [-0.2, -0.15) is 0 Å². The highest BCUT2D eigenvalue weighted by atomic mass is 16.5. The number of aryl methyl sites for hydroxylation is 1. The molecule has 0 aromatic heterocycles. The van der Waals surface area contributed by atoms with Gasteiger partial charge in [-0.1, -0.05) is 24.3 Å². The maximum absolute atomic E-state index is 5.36. The van der Waals surface area contributed by atoms with Crippen LogP contribution >= 0.6 is 0 Å². The lowest BCUT2D eigenvalue weighted by atomic mass is 9.89. The predicted octanol–water partition coefficient (Wildman–Crippen LogP) is 1.38. The van der Waals surface area contributed by atoms with Gasteiger partial charge < -0.3 is 4.74 Å². The molecule has 0 amide bonds. The van der Waals surface area contributed by atoms with Crippen molar-refractivity contribution in [2.45, 2.75) is 25.3 Å². The third kappa shape index (κ3) is 2.68. The molecule has 3 nitrogen and oxygen atoms in total. The van der Waals surface area contributed by atoms with Crippen LogP contribution < -0.4 is 5.43 Å². The third-order valence-corrected chi connectivity index (χ3v) is 3.72. The molecule has 1 heterocycles. The minimum Gasteiger partial charge on any atom is -0.379 e. The van der Waals surface area contributed by atoms with Gasteiger partial charge in [-0.25, -0.2) is 5.01 Å². The van der Waals surface area contributed by atoms with Crippen LogP contribution in [0.1, 0.15) is 17.5 Å². The van der Waals surface area contributed by atoms with Crippen LogP contribution in [0.5, 0.6) is 0 Å². The van der Waals surface area contributed by atoms with Gasteiger partial charge >= 0.3 is 0 Å². The van der Waals surface area contributed by atoms with Crippen molar-refractivity contribution >= 4 is 0 Å². The second-order valence-electron chi connectivity index (χ2n) is 4.94. The van der Waals surface area contributed by atoms with E-state index in [0.29, 0.717) is 6.04 Å². The fourth-order valence-electron chi connectivity index (χ4n) is 2.76. The normalized spacial score (nSPS) is 25.5. The number of rotatable bonds is 2. The highest BCUT2D eigenvalue weighted by molar-refractivity contribution is 5.30. The van der Waals surface area contributed by atoms with Crippen LogP contribution in [-0.4, -0.2) is 37.4 Å². The van der Waals surface area contributed by atoms with Gasteiger partial charge in [0.15, 0.2) is 0 Å². The van der Waals surface area contributed by atoms with E-state index >= 15 is 0 Å². The second-order valence-corrected chi connectivity index (χ2v) is 4.94. The summed E-state index contributed by atoms with van der Waals surface area (Å²) in [7, 11) is 0. The zero-order valence-corrected chi connectivity index (χ0v) is 10.2. The highest BCUT2D eigenvalue weighted by Crippen LogP contribution is 2.21. The van der Waals surface area contributed by atoms with Crippen LogP contribution in [-0.2, 0) is 17.6 Å². The highest BCUT2D eigenvalue weighted by Gasteiger charge is 2.20. The molecule has 3 rings (SSSR count). The van der Waals surface area contributed by atoms with Crippen LogP contribution in [0.4, 0.5) is 0 Å². The summed E-state index contributed by atoms with van der Waals surface area (Å²) in [5, 5.41) is 2.32. The summed E-state index contributed by atoms with van der Waals surface area (Å²) >= 11 is 0. The Balaban J connectivity index is 1.60. The molecule has 1 fully saturated rings. The Bertz CT molecular complexity index is 374. The Morgan fingerprint density at radius 3 is 2.71 bits per heavy atom. The number of hydrazine groups is 1. The Morgan fingerprint density at radius 2 is 1.88 bits per heavy atom. The number of nitrogens with one attached hydrogen (secondary N) is 1. The van der Waals surface area contributed by atoms with Gasteiger partial charge in [0.2, 0.25) is 0 Å². The van der Waals surface area contributed by atoms with E-state index in [-0.39, 0.29) is 0 Å². The number of hydrogen-bond donors (Lipinski definition) is 1. The molecule has 1 aromatic rings. The van der Waals surface area contributed by atoms with Gasteiger partial charge in [-0.3, -0.25) is 5.43 Å². The standard InChI is InChI=1S/C14H20N2O/c1-2-4-13-11-14(6-5-12(13)3-1)15-16-7-9-17-10-8-16/h1-4,14-15H,5-11H2/t14-/m1/s1. The Labute approximate surface area is 103 Å². The first kappa shape index (κ1) is 11.2. The molecule has 0 bridgehead atoms. The van der Waals surface area contributed by atoms with Gasteiger partial charge in [0, 0.05) is 19.1 Å². The molecule has 0 spiro atoms. The summed E-state index contributed by atoms with van der Waals surface area (Å²) in [6.07, 6.45) is 3.61. The van der Waals surface area contributed by atoms with Gasteiger partial charge in [0.1, 0.15) is 0 Å². The van der Waals surface area contributed by atoms with E-state index < -0.39 is 0 Å². The minimum absolute atomic E-state index is 0.600. The van der Waals surface area contributed by atoms with Crippen molar-refractivity contribution in [1.29, 1.82) is 0 Å². The number of nitrogens with zero attached hydrogens (tertiary/aromatic N) is 1. The van der Waals surface area contributed by atoms with Crippen LogP contribution in [0.2, 0.25) is 0 Å². The van der Waals surface area contributed by atoms with E-state index in [1.54, 1.807) is 0 Å². The summed E-state index contributed by atoms with van der Waals surface area (Å²) in [5.41, 5.74) is 6.70. The lowest BCUT2D eigenvalue weighted by molar-refractivity contribution is 0.00246. The fourth-order valence-corrected chi connectivity index (χ4v) is 2.76. The van der Waals surface area contributed by atoms with Crippen LogP contribution in [0, 0.1) is 0 Å². The fraction of sp³-hybridized carbons (Fsp3) is 0.571. The summed E-state index contributed by atoms with van der Waals surface area (Å²) in [6, 6.07) is 9.43. The third-order valence-electron chi connectivity index (χ3n) is 3.72. The number of benzene rings is 1. The van der Waals surface area contributed by atoms with Crippen LogP contribution in [0.15, 0.2) is 24.3 Å². The summed E-state index contributed by atoms with van der Waals surface area (Å²) < 4.78 is 5.36. The Morgan fingerprint density at radius 1 is 1.12 bits per heavy atom. The van der Waals surface area contributed by atoms with Crippen molar-refractivity contribution in [3.63, 3.8) is 0 Å². The van der Waals surface area contributed by atoms with Crippen molar-refractivity contribution in [2.24, 2.45) is 0 Å². The number of ether oxygens (including phenoxy) is 1. The Hall–Kier alpha value is -0.900. The van der Waals surface area contributed by atoms with E-state index in [9.17, 15) is 0 Å². The molecule has 3 heteroatoms. The molecular weight excluding hydrogens is 212 g/mol. The molecule has 1 aliphatic heterocycles. The average Bonchev–Trinajstić information content (AvgIpc) is 2.40. The maximum atomic E-state index is 5.36. The summed E-state index contributed by atoms with van der Waals surface area (Å²) in [5.74, 6) is 0. The van der Waals surface area contributed by atoms with Crippen molar-refractivity contribution in [3.8, 4) is 0 Å². The summed E-state index contributed by atoms with van der Waals surface area (Å²) in [4.78, 5) is 0.